The summed E-state index contributed by atoms with van der Waals surface area (Å²) < 4.78 is 37.7. The van der Waals surface area contributed by atoms with Gasteiger partial charge in [0.1, 0.15) is 24.1 Å². The van der Waals surface area contributed by atoms with Gasteiger partial charge < -0.3 is 19.7 Å². The minimum Gasteiger partial charge on any atom is -0.497 e. The van der Waals surface area contributed by atoms with Gasteiger partial charge in [-0.1, -0.05) is 60.7 Å². The fourth-order valence-corrected chi connectivity index (χ4v) is 5.06. The zero-order valence-corrected chi connectivity index (χ0v) is 23.5. The molecule has 208 valence electrons. The zero-order chi connectivity index (χ0) is 28.4. The van der Waals surface area contributed by atoms with Gasteiger partial charge in [-0.25, -0.2) is 8.42 Å². The number of sulfonamides is 1. The fourth-order valence-electron chi connectivity index (χ4n) is 4.21. The fraction of sp³-hybridized carbons (Fsp3) is 0.310. The van der Waals surface area contributed by atoms with Gasteiger partial charge in [-0.3, -0.25) is 13.9 Å². The molecule has 0 bridgehead atoms. The van der Waals surface area contributed by atoms with E-state index >= 15 is 0 Å². The number of nitrogens with zero attached hydrogens (tertiary/aromatic N) is 2. The minimum atomic E-state index is -3.94. The van der Waals surface area contributed by atoms with Crippen LogP contribution in [0, 0.1) is 0 Å². The van der Waals surface area contributed by atoms with Crippen molar-refractivity contribution in [1.29, 1.82) is 0 Å². The molecule has 0 saturated heterocycles. The van der Waals surface area contributed by atoms with Crippen molar-refractivity contribution in [3.05, 3.63) is 90.0 Å². The first kappa shape index (κ1) is 29.5. The highest BCUT2D eigenvalue weighted by Crippen LogP contribution is 2.34. The molecule has 1 N–H and O–H groups in total. The first-order valence-electron chi connectivity index (χ1n) is 12.5. The van der Waals surface area contributed by atoms with Crippen molar-refractivity contribution in [3.63, 3.8) is 0 Å². The van der Waals surface area contributed by atoms with E-state index in [0.717, 1.165) is 21.7 Å². The molecule has 9 nitrogen and oxygen atoms in total. The zero-order valence-electron chi connectivity index (χ0n) is 22.7. The lowest BCUT2D eigenvalue weighted by Gasteiger charge is -2.33. The number of amides is 2. The summed E-state index contributed by atoms with van der Waals surface area (Å²) in [7, 11) is -1.06. The Labute approximate surface area is 230 Å². The molecule has 0 aliphatic rings. The first-order chi connectivity index (χ1) is 18.7. The molecule has 0 unspecified atom stereocenters. The summed E-state index contributed by atoms with van der Waals surface area (Å²) in [4.78, 5) is 28.8. The van der Waals surface area contributed by atoms with E-state index in [1.807, 2.05) is 60.7 Å². The van der Waals surface area contributed by atoms with Crippen LogP contribution in [0.1, 0.15) is 18.1 Å². The Balaban J connectivity index is 2.07. The van der Waals surface area contributed by atoms with Crippen molar-refractivity contribution in [1.82, 2.24) is 10.2 Å². The molecule has 3 aromatic carbocycles. The summed E-state index contributed by atoms with van der Waals surface area (Å²) in [6.07, 6.45) is 1.28. The van der Waals surface area contributed by atoms with Crippen LogP contribution in [0.4, 0.5) is 5.69 Å². The SMILES string of the molecule is CCNC(=O)[C@H](Cc1ccccc1)N(Cc1ccccc1)C(=O)CN(c1cc(OC)ccc1OC)S(C)(=O)=O. The molecule has 1 atom stereocenters. The van der Waals surface area contributed by atoms with Crippen LogP contribution < -0.4 is 19.1 Å². The molecule has 0 spiro atoms. The van der Waals surface area contributed by atoms with Crippen molar-refractivity contribution in [3.8, 4) is 11.5 Å². The Morgan fingerprint density at radius 2 is 1.51 bits per heavy atom. The van der Waals surface area contributed by atoms with Crippen molar-refractivity contribution >= 4 is 27.5 Å². The van der Waals surface area contributed by atoms with Gasteiger partial charge in [0.25, 0.3) is 0 Å². The number of nitrogens with one attached hydrogen (secondary N) is 1. The van der Waals surface area contributed by atoms with Crippen LogP contribution in [0.25, 0.3) is 0 Å². The van der Waals surface area contributed by atoms with E-state index in [1.165, 1.54) is 25.2 Å². The Hall–Kier alpha value is -4.05. The second-order valence-electron chi connectivity index (χ2n) is 8.91. The quantitative estimate of drug-likeness (QED) is 0.349. The largest absolute Gasteiger partial charge is 0.497 e. The number of likely N-dealkylation sites (N-methyl/N-ethyl adjacent to an activating group) is 1. The summed E-state index contributed by atoms with van der Waals surface area (Å²) in [6, 6.07) is 22.5. The molecule has 0 aromatic heterocycles. The number of carbonyl (C=O) groups excluding carboxylic acids is 2. The van der Waals surface area contributed by atoms with E-state index in [0.29, 0.717) is 12.3 Å². The highest BCUT2D eigenvalue weighted by molar-refractivity contribution is 7.92. The molecule has 0 heterocycles. The third-order valence-electron chi connectivity index (χ3n) is 6.15. The van der Waals surface area contributed by atoms with E-state index in [-0.39, 0.29) is 30.3 Å². The maximum absolute atomic E-state index is 14.0. The highest BCUT2D eigenvalue weighted by atomic mass is 32.2. The molecule has 3 rings (SSSR count). The average molecular weight is 554 g/mol. The van der Waals surface area contributed by atoms with Crippen molar-refractivity contribution < 1.29 is 27.5 Å². The smallest absolute Gasteiger partial charge is 0.244 e. The minimum absolute atomic E-state index is 0.112. The van der Waals surface area contributed by atoms with Gasteiger partial charge in [-0.2, -0.15) is 0 Å². The maximum atomic E-state index is 14.0. The normalized spacial score (nSPS) is 11.8. The maximum Gasteiger partial charge on any atom is 0.244 e. The molecular formula is C29H35N3O6S. The lowest BCUT2D eigenvalue weighted by molar-refractivity contribution is -0.140. The molecule has 0 aliphatic carbocycles. The predicted octanol–water partition coefficient (Wildman–Crippen LogP) is 3.25. The van der Waals surface area contributed by atoms with E-state index in [4.69, 9.17) is 9.47 Å². The molecule has 0 aliphatic heterocycles. The molecule has 0 radical (unpaired) electrons. The van der Waals surface area contributed by atoms with E-state index in [9.17, 15) is 18.0 Å². The van der Waals surface area contributed by atoms with Gasteiger partial charge in [0, 0.05) is 25.6 Å². The summed E-state index contributed by atoms with van der Waals surface area (Å²) in [5.74, 6) is -0.206. The van der Waals surface area contributed by atoms with Crippen LogP contribution in [0.5, 0.6) is 11.5 Å². The van der Waals surface area contributed by atoms with Gasteiger partial charge in [0.2, 0.25) is 21.8 Å². The summed E-state index contributed by atoms with van der Waals surface area (Å²) in [5, 5.41) is 2.83. The van der Waals surface area contributed by atoms with Crippen LogP contribution in [0.15, 0.2) is 78.9 Å². The van der Waals surface area contributed by atoms with Gasteiger partial charge >= 0.3 is 0 Å². The highest BCUT2D eigenvalue weighted by Gasteiger charge is 2.33. The van der Waals surface area contributed by atoms with Crippen molar-refractivity contribution in [2.45, 2.75) is 25.9 Å². The van der Waals surface area contributed by atoms with Crippen LogP contribution >= 0.6 is 0 Å². The number of carbonyl (C=O) groups is 2. The Kier molecular flexibility index (Phi) is 10.3. The van der Waals surface area contributed by atoms with Crippen molar-refractivity contribution in [2.24, 2.45) is 0 Å². The van der Waals surface area contributed by atoms with Crippen LogP contribution in [-0.4, -0.2) is 64.7 Å². The predicted molar refractivity (Wildman–Crippen MR) is 151 cm³/mol. The van der Waals surface area contributed by atoms with E-state index in [2.05, 4.69) is 5.32 Å². The van der Waals surface area contributed by atoms with Crippen LogP contribution in [-0.2, 0) is 32.6 Å². The Morgan fingerprint density at radius 3 is 2.05 bits per heavy atom. The number of hydrogen-bond donors (Lipinski definition) is 1. The number of hydrogen-bond acceptors (Lipinski definition) is 6. The summed E-state index contributed by atoms with van der Waals surface area (Å²) in [6.45, 7) is 1.76. The topological polar surface area (TPSA) is 105 Å². The number of benzene rings is 3. The molecule has 2 amide bonds. The summed E-state index contributed by atoms with van der Waals surface area (Å²) in [5.41, 5.74) is 1.83. The standard InChI is InChI=1S/C29H35N3O6S/c1-5-30-29(34)26(18-22-12-8-6-9-13-22)31(20-23-14-10-7-11-15-23)28(33)21-32(39(4,35)36)25-19-24(37-2)16-17-27(25)38-3/h6-17,19,26H,5,18,20-21H2,1-4H3,(H,30,34)/t26-/m0/s1. The lowest BCUT2D eigenvalue weighted by Crippen LogP contribution is -2.53. The second kappa shape index (κ2) is 13.7. The van der Waals surface area contributed by atoms with Gasteiger partial charge in [0.05, 0.1) is 26.2 Å². The molecule has 39 heavy (non-hydrogen) atoms. The van der Waals surface area contributed by atoms with Gasteiger partial charge in [-0.15, -0.1) is 0 Å². The van der Waals surface area contributed by atoms with Crippen molar-refractivity contribution in [2.75, 3.05) is 37.9 Å². The molecule has 0 saturated carbocycles. The van der Waals surface area contributed by atoms with Gasteiger partial charge in [-0.05, 0) is 30.2 Å². The van der Waals surface area contributed by atoms with E-state index < -0.39 is 28.5 Å². The monoisotopic (exact) mass is 553 g/mol. The Bertz CT molecular complexity index is 1350. The van der Waals surface area contributed by atoms with Crippen LogP contribution in [0.2, 0.25) is 0 Å². The lowest BCUT2D eigenvalue weighted by atomic mass is 10.0. The molecule has 10 heteroatoms. The van der Waals surface area contributed by atoms with Gasteiger partial charge in [0.15, 0.2) is 0 Å². The number of ether oxygens (including phenoxy) is 2. The second-order valence-corrected chi connectivity index (χ2v) is 10.8. The number of anilines is 1. The Morgan fingerprint density at radius 1 is 0.897 bits per heavy atom. The molecule has 3 aromatic rings. The number of methoxy groups -OCH3 is 2. The van der Waals surface area contributed by atoms with E-state index in [1.54, 1.807) is 19.1 Å². The molecular weight excluding hydrogens is 518 g/mol. The molecule has 0 fully saturated rings. The average Bonchev–Trinajstić information content (AvgIpc) is 2.93. The first-order valence-corrected chi connectivity index (χ1v) is 14.4. The third kappa shape index (κ3) is 7.97. The van der Waals surface area contributed by atoms with Crippen LogP contribution in [0.3, 0.4) is 0 Å². The summed E-state index contributed by atoms with van der Waals surface area (Å²) >= 11 is 0. The third-order valence-corrected chi connectivity index (χ3v) is 7.28. The number of rotatable bonds is 13.